The topological polar surface area (TPSA) is 62.3 Å². The highest BCUT2D eigenvalue weighted by Crippen LogP contribution is 2.20. The third kappa shape index (κ3) is 6.68. The number of hydrogen-bond donors (Lipinski definition) is 1. The Morgan fingerprint density at radius 3 is 2.26 bits per heavy atom. The van der Waals surface area contributed by atoms with E-state index in [1.165, 1.54) is 64.8 Å². The third-order valence-electron chi connectivity index (χ3n) is 4.14. The van der Waals surface area contributed by atoms with Gasteiger partial charge in [0.1, 0.15) is 11.6 Å². The van der Waals surface area contributed by atoms with Crippen LogP contribution in [0.3, 0.4) is 0 Å². The molecule has 5 nitrogen and oxygen atoms in total. The molecule has 0 aliphatic heterocycles. The molecule has 0 atom stereocenters. The van der Waals surface area contributed by atoms with Crippen LogP contribution < -0.4 is 10.2 Å². The summed E-state index contributed by atoms with van der Waals surface area (Å²) in [4.78, 5) is 30.0. The number of hydrogen-bond acceptors (Lipinski definition) is 4. The lowest BCUT2D eigenvalue weighted by atomic mass is 10.2. The summed E-state index contributed by atoms with van der Waals surface area (Å²) in [5, 5.41) is 4.90. The molecule has 2 aromatic carbocycles. The quantitative estimate of drug-likeness (QED) is 0.554. The van der Waals surface area contributed by atoms with Crippen LogP contribution in [0.4, 0.5) is 13.9 Å². The number of carbonyl (C=O) groups is 2. The molecule has 0 aliphatic rings. The average molecular weight is 439 g/mol. The van der Waals surface area contributed by atoms with Crippen LogP contribution in [0.5, 0.6) is 0 Å². The Hall–Kier alpha value is -3.65. The fraction of sp³-hybridized carbons (Fsp3) is 0.0870. The molecule has 1 aromatic heterocycles. The smallest absolute Gasteiger partial charge is 0.252 e. The molecular formula is C23H19F2N3O2S. The molecule has 3 aromatic rings. The Labute approximate surface area is 182 Å². The van der Waals surface area contributed by atoms with Gasteiger partial charge in [0.15, 0.2) is 5.13 Å². The minimum Gasteiger partial charge on any atom is -0.347 e. The first-order valence-corrected chi connectivity index (χ1v) is 10.2. The van der Waals surface area contributed by atoms with Crippen LogP contribution in [0.1, 0.15) is 16.8 Å². The Morgan fingerprint density at radius 1 is 1.03 bits per heavy atom. The standard InChI is InChI=1S/C23H19F2N3O2S/c1-28(22(30)11-9-17-5-3-7-19(25)13-17)23-27-20(15-31-23)14-26-21(29)10-8-16-4-2-6-18(24)12-16/h2-13,15H,14H2,1H3,(H,26,29). The summed E-state index contributed by atoms with van der Waals surface area (Å²) in [5.74, 6) is -1.41. The van der Waals surface area contributed by atoms with Crippen LogP contribution in [-0.2, 0) is 16.1 Å². The minimum atomic E-state index is -0.375. The van der Waals surface area contributed by atoms with Gasteiger partial charge in [0.05, 0.1) is 12.2 Å². The minimum absolute atomic E-state index is 0.185. The van der Waals surface area contributed by atoms with Gasteiger partial charge in [-0.15, -0.1) is 11.3 Å². The van der Waals surface area contributed by atoms with E-state index in [4.69, 9.17) is 0 Å². The maximum absolute atomic E-state index is 13.2. The number of nitrogens with one attached hydrogen (secondary N) is 1. The van der Waals surface area contributed by atoms with Gasteiger partial charge in [-0.3, -0.25) is 14.5 Å². The zero-order valence-corrected chi connectivity index (χ0v) is 17.4. The summed E-state index contributed by atoms with van der Waals surface area (Å²) in [7, 11) is 1.58. The number of halogens is 2. The van der Waals surface area contributed by atoms with Crippen molar-refractivity contribution in [3.8, 4) is 0 Å². The molecule has 1 N–H and O–H groups in total. The van der Waals surface area contributed by atoms with E-state index >= 15 is 0 Å². The van der Waals surface area contributed by atoms with Gasteiger partial charge >= 0.3 is 0 Å². The molecule has 0 saturated heterocycles. The van der Waals surface area contributed by atoms with Gasteiger partial charge in [0, 0.05) is 24.6 Å². The van der Waals surface area contributed by atoms with Crippen molar-refractivity contribution in [3.63, 3.8) is 0 Å². The number of benzene rings is 2. The van der Waals surface area contributed by atoms with E-state index in [-0.39, 0.29) is 30.0 Å². The monoisotopic (exact) mass is 439 g/mol. The number of amides is 2. The average Bonchev–Trinajstić information content (AvgIpc) is 3.23. The van der Waals surface area contributed by atoms with Crippen LogP contribution >= 0.6 is 11.3 Å². The lowest BCUT2D eigenvalue weighted by Crippen LogP contribution is -2.24. The number of likely N-dealkylation sites (N-methyl/N-ethyl adjacent to an activating group) is 1. The van der Waals surface area contributed by atoms with Crippen molar-refractivity contribution in [1.82, 2.24) is 10.3 Å². The van der Waals surface area contributed by atoms with Crippen LogP contribution in [0.25, 0.3) is 12.2 Å². The van der Waals surface area contributed by atoms with E-state index in [1.807, 2.05) is 0 Å². The second kappa shape index (κ2) is 10.4. The molecule has 3 rings (SSSR count). The molecule has 31 heavy (non-hydrogen) atoms. The summed E-state index contributed by atoms with van der Waals surface area (Å²) in [6.07, 6.45) is 5.70. The summed E-state index contributed by atoms with van der Waals surface area (Å²) >= 11 is 1.26. The fourth-order valence-electron chi connectivity index (χ4n) is 2.53. The summed E-state index contributed by atoms with van der Waals surface area (Å²) in [6.45, 7) is 0.185. The second-order valence-electron chi connectivity index (χ2n) is 6.51. The van der Waals surface area contributed by atoms with Crippen LogP contribution in [0.2, 0.25) is 0 Å². The molecule has 0 fully saturated rings. The van der Waals surface area contributed by atoms with Crippen molar-refractivity contribution in [2.75, 3.05) is 11.9 Å². The number of nitrogens with zero attached hydrogens (tertiary/aromatic N) is 2. The summed E-state index contributed by atoms with van der Waals surface area (Å²) in [6, 6.07) is 11.8. The number of thiazole rings is 1. The Balaban J connectivity index is 1.53. The fourth-order valence-corrected chi connectivity index (χ4v) is 3.33. The van der Waals surface area contributed by atoms with Crippen molar-refractivity contribution >= 4 is 40.4 Å². The highest BCUT2D eigenvalue weighted by molar-refractivity contribution is 7.14. The zero-order valence-electron chi connectivity index (χ0n) is 16.6. The largest absolute Gasteiger partial charge is 0.347 e. The molecule has 0 unspecified atom stereocenters. The highest BCUT2D eigenvalue weighted by Gasteiger charge is 2.12. The van der Waals surface area contributed by atoms with Gasteiger partial charge in [-0.1, -0.05) is 24.3 Å². The van der Waals surface area contributed by atoms with E-state index in [1.54, 1.807) is 36.7 Å². The molecule has 0 aliphatic carbocycles. The van der Waals surface area contributed by atoms with Gasteiger partial charge in [-0.2, -0.15) is 0 Å². The predicted molar refractivity (Wildman–Crippen MR) is 118 cm³/mol. The van der Waals surface area contributed by atoms with Crippen molar-refractivity contribution in [3.05, 3.63) is 94.5 Å². The third-order valence-corrected chi connectivity index (χ3v) is 5.11. The Kier molecular flexibility index (Phi) is 7.40. The lowest BCUT2D eigenvalue weighted by Gasteiger charge is -2.10. The first-order valence-electron chi connectivity index (χ1n) is 9.28. The summed E-state index contributed by atoms with van der Waals surface area (Å²) < 4.78 is 26.4. The van der Waals surface area contributed by atoms with Crippen LogP contribution in [0, 0.1) is 11.6 Å². The van der Waals surface area contributed by atoms with Gasteiger partial charge < -0.3 is 5.32 Å². The first-order chi connectivity index (χ1) is 14.9. The Morgan fingerprint density at radius 2 is 1.65 bits per heavy atom. The lowest BCUT2D eigenvalue weighted by molar-refractivity contribution is -0.116. The first kappa shape index (κ1) is 22.0. The Bertz CT molecular complexity index is 1140. The molecule has 0 spiro atoms. The van der Waals surface area contributed by atoms with Crippen LogP contribution in [-0.4, -0.2) is 23.8 Å². The molecule has 158 valence electrons. The van der Waals surface area contributed by atoms with Crippen molar-refractivity contribution in [2.24, 2.45) is 0 Å². The predicted octanol–water partition coefficient (Wildman–Crippen LogP) is 4.43. The molecular weight excluding hydrogens is 420 g/mol. The second-order valence-corrected chi connectivity index (χ2v) is 7.35. The zero-order chi connectivity index (χ0) is 22.2. The van der Waals surface area contributed by atoms with Gasteiger partial charge in [0.2, 0.25) is 5.91 Å². The maximum atomic E-state index is 13.2. The van der Waals surface area contributed by atoms with E-state index in [2.05, 4.69) is 10.3 Å². The van der Waals surface area contributed by atoms with Gasteiger partial charge in [0.25, 0.3) is 5.91 Å². The van der Waals surface area contributed by atoms with Crippen LogP contribution in [0.15, 0.2) is 66.1 Å². The van der Waals surface area contributed by atoms with E-state index < -0.39 is 0 Å². The molecule has 2 amide bonds. The molecule has 0 bridgehead atoms. The van der Waals surface area contributed by atoms with Gasteiger partial charge in [-0.25, -0.2) is 13.8 Å². The highest BCUT2D eigenvalue weighted by atomic mass is 32.1. The van der Waals surface area contributed by atoms with Crippen molar-refractivity contribution in [1.29, 1.82) is 0 Å². The molecule has 8 heteroatoms. The SMILES string of the molecule is CN(C(=O)C=Cc1cccc(F)c1)c1nc(CNC(=O)C=Cc2cccc(F)c2)cs1. The number of aromatic nitrogens is 1. The number of anilines is 1. The van der Waals surface area contributed by atoms with Crippen molar-refractivity contribution < 1.29 is 18.4 Å². The summed E-state index contributed by atoms with van der Waals surface area (Å²) in [5.41, 5.74) is 1.76. The molecule has 0 radical (unpaired) electrons. The molecule has 1 heterocycles. The maximum Gasteiger partial charge on any atom is 0.252 e. The normalized spacial score (nSPS) is 11.2. The van der Waals surface area contributed by atoms with Crippen molar-refractivity contribution in [2.45, 2.75) is 6.54 Å². The van der Waals surface area contributed by atoms with E-state index in [0.29, 0.717) is 22.0 Å². The van der Waals surface area contributed by atoms with E-state index in [9.17, 15) is 18.4 Å². The van der Waals surface area contributed by atoms with E-state index in [0.717, 1.165) is 0 Å². The van der Waals surface area contributed by atoms with Gasteiger partial charge in [-0.05, 0) is 47.5 Å². The number of rotatable bonds is 7. The number of carbonyl (C=O) groups excluding carboxylic acids is 2. The molecule has 0 saturated carbocycles.